The summed E-state index contributed by atoms with van der Waals surface area (Å²) in [6, 6.07) is 7.67. The van der Waals surface area contributed by atoms with E-state index in [0.717, 1.165) is 48.6 Å². The molecule has 1 aliphatic heterocycles. The number of aldehydes is 1. The number of carbonyl (C=O) groups excluding carboxylic acids is 2. The second-order valence-electron chi connectivity index (χ2n) is 8.41. The van der Waals surface area contributed by atoms with Gasteiger partial charge in [0.1, 0.15) is 17.6 Å². The molecule has 0 saturated heterocycles. The summed E-state index contributed by atoms with van der Waals surface area (Å²) in [5.41, 5.74) is 10.6. The fourth-order valence-electron chi connectivity index (χ4n) is 4.10. The quantitative estimate of drug-likeness (QED) is 0.431. The molecule has 8 heteroatoms. The SMILES string of the molecule is C=C(C=O)CN1CCc2nc3c(C(N)=O)c(-c4ccc(OCC5CC5)cc4)[nH]n3c2C1. The zero-order valence-corrected chi connectivity index (χ0v) is 17.3. The first-order valence-corrected chi connectivity index (χ1v) is 10.5. The number of hydrogen-bond donors (Lipinski definition) is 2. The van der Waals surface area contributed by atoms with Gasteiger partial charge in [0.15, 0.2) is 5.65 Å². The summed E-state index contributed by atoms with van der Waals surface area (Å²) in [5, 5.41) is 3.33. The largest absolute Gasteiger partial charge is 0.493 e. The molecule has 1 saturated carbocycles. The van der Waals surface area contributed by atoms with Gasteiger partial charge in [0.2, 0.25) is 0 Å². The van der Waals surface area contributed by atoms with E-state index in [4.69, 9.17) is 15.5 Å². The Hall–Kier alpha value is -3.39. The number of carbonyl (C=O) groups is 2. The van der Waals surface area contributed by atoms with Crippen LogP contribution in [0.15, 0.2) is 36.4 Å². The van der Waals surface area contributed by atoms with Crippen molar-refractivity contribution < 1.29 is 14.3 Å². The number of fused-ring (bicyclic) bond motifs is 3. The van der Waals surface area contributed by atoms with Crippen molar-refractivity contribution in [3.05, 3.63) is 53.4 Å². The van der Waals surface area contributed by atoms with Gasteiger partial charge in [-0.15, -0.1) is 0 Å². The van der Waals surface area contributed by atoms with Crippen LogP contribution in [0, 0.1) is 5.92 Å². The topological polar surface area (TPSA) is 106 Å². The normalized spacial score (nSPS) is 16.3. The number of imidazole rings is 1. The third-order valence-corrected chi connectivity index (χ3v) is 5.96. The molecule has 1 amide bonds. The van der Waals surface area contributed by atoms with E-state index in [1.807, 2.05) is 28.8 Å². The van der Waals surface area contributed by atoms with Crippen LogP contribution >= 0.6 is 0 Å². The van der Waals surface area contributed by atoms with Crippen LogP contribution in [0.2, 0.25) is 0 Å². The van der Waals surface area contributed by atoms with Gasteiger partial charge in [0.05, 0.1) is 23.7 Å². The number of H-pyrrole nitrogens is 1. The predicted molar refractivity (Wildman–Crippen MR) is 116 cm³/mol. The Morgan fingerprint density at radius 3 is 2.77 bits per heavy atom. The van der Waals surface area contributed by atoms with E-state index in [0.29, 0.717) is 41.5 Å². The third-order valence-electron chi connectivity index (χ3n) is 5.96. The van der Waals surface area contributed by atoms with Crippen molar-refractivity contribution >= 4 is 17.8 Å². The van der Waals surface area contributed by atoms with Crippen LogP contribution < -0.4 is 10.5 Å². The number of nitrogens with one attached hydrogen (secondary N) is 1. The first-order valence-electron chi connectivity index (χ1n) is 10.5. The number of ether oxygens (including phenoxy) is 1. The average Bonchev–Trinajstić information content (AvgIpc) is 3.43. The van der Waals surface area contributed by atoms with Crippen LogP contribution in [0.3, 0.4) is 0 Å². The summed E-state index contributed by atoms with van der Waals surface area (Å²) in [5.74, 6) is 0.978. The first kappa shape index (κ1) is 19.6. The maximum Gasteiger partial charge on any atom is 0.254 e. The highest BCUT2D eigenvalue weighted by Crippen LogP contribution is 2.32. The van der Waals surface area contributed by atoms with Crippen LogP contribution in [-0.2, 0) is 17.8 Å². The number of primary amides is 1. The molecule has 0 spiro atoms. The lowest BCUT2D eigenvalue weighted by Crippen LogP contribution is -2.32. The van der Waals surface area contributed by atoms with E-state index >= 15 is 0 Å². The molecule has 0 atom stereocenters. The number of amides is 1. The molecule has 2 aliphatic rings. The second kappa shape index (κ2) is 7.70. The predicted octanol–water partition coefficient (Wildman–Crippen LogP) is 2.33. The van der Waals surface area contributed by atoms with E-state index in [1.165, 1.54) is 12.8 Å². The number of rotatable bonds is 8. The summed E-state index contributed by atoms with van der Waals surface area (Å²) in [4.78, 5) is 30.2. The molecule has 1 fully saturated rings. The van der Waals surface area contributed by atoms with Crippen LogP contribution in [0.25, 0.3) is 16.9 Å². The van der Waals surface area contributed by atoms with E-state index in [2.05, 4.69) is 16.6 Å². The van der Waals surface area contributed by atoms with E-state index in [1.54, 1.807) is 0 Å². The van der Waals surface area contributed by atoms with Gasteiger partial charge in [-0.1, -0.05) is 6.58 Å². The van der Waals surface area contributed by atoms with E-state index in [-0.39, 0.29) is 0 Å². The molecule has 3 aromatic rings. The van der Waals surface area contributed by atoms with Crippen LogP contribution in [0.1, 0.15) is 34.6 Å². The fraction of sp³-hybridized carbons (Fsp3) is 0.348. The lowest BCUT2D eigenvalue weighted by Gasteiger charge is -2.25. The Balaban J connectivity index is 1.47. The molecule has 0 radical (unpaired) electrons. The van der Waals surface area contributed by atoms with E-state index in [9.17, 15) is 9.59 Å². The lowest BCUT2D eigenvalue weighted by atomic mass is 10.1. The average molecular weight is 419 g/mol. The van der Waals surface area contributed by atoms with Gasteiger partial charge in [0, 0.05) is 31.6 Å². The van der Waals surface area contributed by atoms with Crippen molar-refractivity contribution in [3.8, 4) is 17.0 Å². The number of nitrogens with two attached hydrogens (primary N) is 1. The number of aromatic amines is 1. The third kappa shape index (κ3) is 3.74. The minimum Gasteiger partial charge on any atom is -0.493 e. The summed E-state index contributed by atoms with van der Waals surface area (Å²) in [6.45, 7) is 6.42. The van der Waals surface area contributed by atoms with E-state index < -0.39 is 5.91 Å². The van der Waals surface area contributed by atoms with Crippen molar-refractivity contribution in [1.82, 2.24) is 19.5 Å². The molecule has 0 unspecified atom stereocenters. The Labute approximate surface area is 179 Å². The molecule has 2 aromatic heterocycles. The molecular formula is C23H25N5O3. The molecule has 3 N–H and O–H groups in total. The summed E-state index contributed by atoms with van der Waals surface area (Å²) in [6.07, 6.45) is 4.01. The molecule has 1 aromatic carbocycles. The Morgan fingerprint density at radius 2 is 2.10 bits per heavy atom. The van der Waals surface area contributed by atoms with Crippen molar-refractivity contribution in [3.63, 3.8) is 0 Å². The minimum atomic E-state index is -0.524. The van der Waals surface area contributed by atoms with Gasteiger partial charge in [-0.25, -0.2) is 9.50 Å². The zero-order chi connectivity index (χ0) is 21.5. The molecular weight excluding hydrogens is 394 g/mol. The maximum atomic E-state index is 12.3. The highest BCUT2D eigenvalue weighted by atomic mass is 16.5. The summed E-state index contributed by atoms with van der Waals surface area (Å²) >= 11 is 0. The molecule has 5 rings (SSSR count). The molecule has 160 valence electrons. The number of nitrogens with zero attached hydrogens (tertiary/aromatic N) is 3. The zero-order valence-electron chi connectivity index (χ0n) is 17.3. The molecule has 1 aliphatic carbocycles. The summed E-state index contributed by atoms with van der Waals surface area (Å²) in [7, 11) is 0. The van der Waals surface area contributed by atoms with Gasteiger partial charge in [-0.2, -0.15) is 0 Å². The van der Waals surface area contributed by atoms with Gasteiger partial charge < -0.3 is 10.5 Å². The maximum absolute atomic E-state index is 12.3. The second-order valence-corrected chi connectivity index (χ2v) is 8.41. The van der Waals surface area contributed by atoms with Crippen LogP contribution in [0.5, 0.6) is 5.75 Å². The van der Waals surface area contributed by atoms with Crippen molar-refractivity contribution in [2.75, 3.05) is 19.7 Å². The number of hydrogen-bond acceptors (Lipinski definition) is 5. The standard InChI is InChI=1S/C23H25N5O3/c1-14(12-29)10-27-9-8-18-19(11-27)28-23(25-18)20(22(24)30)21(26-28)16-4-6-17(7-5-16)31-13-15-2-3-15/h4-7,12,15,26H,1-3,8-11,13H2,(H2,24,30). The van der Waals surface area contributed by atoms with Gasteiger partial charge >= 0.3 is 0 Å². The smallest absolute Gasteiger partial charge is 0.254 e. The van der Waals surface area contributed by atoms with Crippen molar-refractivity contribution in [2.24, 2.45) is 11.7 Å². The van der Waals surface area contributed by atoms with Crippen molar-refractivity contribution in [2.45, 2.75) is 25.8 Å². The Kier molecular flexibility index (Phi) is 4.86. The van der Waals surface area contributed by atoms with Gasteiger partial charge in [0.25, 0.3) is 5.91 Å². The van der Waals surface area contributed by atoms with Gasteiger partial charge in [-0.3, -0.25) is 19.6 Å². The highest BCUT2D eigenvalue weighted by molar-refractivity contribution is 6.04. The lowest BCUT2D eigenvalue weighted by molar-refractivity contribution is -0.105. The molecule has 0 bridgehead atoms. The van der Waals surface area contributed by atoms with Crippen molar-refractivity contribution in [1.29, 1.82) is 0 Å². The monoisotopic (exact) mass is 419 g/mol. The Bertz CT molecular complexity index is 1170. The number of aromatic nitrogens is 3. The Morgan fingerprint density at radius 1 is 1.32 bits per heavy atom. The minimum absolute atomic E-state index is 0.380. The first-order chi connectivity index (χ1) is 15.0. The van der Waals surface area contributed by atoms with Crippen LogP contribution in [-0.4, -0.2) is 51.4 Å². The number of benzene rings is 1. The highest BCUT2D eigenvalue weighted by Gasteiger charge is 2.28. The fourth-order valence-corrected chi connectivity index (χ4v) is 4.10. The summed E-state index contributed by atoms with van der Waals surface area (Å²) < 4.78 is 7.66. The van der Waals surface area contributed by atoms with Crippen LogP contribution in [0.4, 0.5) is 0 Å². The molecule has 3 heterocycles. The van der Waals surface area contributed by atoms with Gasteiger partial charge in [-0.05, 0) is 48.6 Å². The molecule has 31 heavy (non-hydrogen) atoms. The molecule has 8 nitrogen and oxygen atoms in total.